The fourth-order valence-electron chi connectivity index (χ4n) is 1.61. The second-order valence-electron chi connectivity index (χ2n) is 3.82. The first-order valence-electron chi connectivity index (χ1n) is 5.72. The summed E-state index contributed by atoms with van der Waals surface area (Å²) in [4.78, 5) is 8.96. The third-order valence-electron chi connectivity index (χ3n) is 2.51. The van der Waals surface area contributed by atoms with Crippen molar-refractivity contribution in [2.75, 3.05) is 6.54 Å². The van der Waals surface area contributed by atoms with Crippen molar-refractivity contribution in [1.82, 2.24) is 15.3 Å². The molecule has 0 spiro atoms. The highest BCUT2D eigenvalue weighted by atomic mass is 14.9. The lowest BCUT2D eigenvalue weighted by atomic mass is 10.1. The zero-order valence-electron chi connectivity index (χ0n) is 10.2. The Hall–Kier alpha value is -0.960. The van der Waals surface area contributed by atoms with Gasteiger partial charge < -0.3 is 5.32 Å². The lowest BCUT2D eigenvalue weighted by Crippen LogP contribution is -2.17. The summed E-state index contributed by atoms with van der Waals surface area (Å²) in [6.45, 7) is 10.3. The van der Waals surface area contributed by atoms with E-state index in [4.69, 9.17) is 0 Å². The summed E-state index contributed by atoms with van der Waals surface area (Å²) in [7, 11) is 0. The van der Waals surface area contributed by atoms with Crippen LogP contribution >= 0.6 is 0 Å². The third kappa shape index (κ3) is 3.27. The molecule has 1 rings (SSSR count). The molecule has 1 aromatic heterocycles. The van der Waals surface area contributed by atoms with Crippen LogP contribution in [-0.4, -0.2) is 16.5 Å². The molecular formula is C12H21N3. The first-order chi connectivity index (χ1) is 7.19. The highest BCUT2D eigenvalue weighted by molar-refractivity contribution is 5.24. The minimum atomic E-state index is 0.884. The van der Waals surface area contributed by atoms with E-state index in [2.05, 4.69) is 43.0 Å². The molecule has 0 radical (unpaired) electrons. The normalized spacial score (nSPS) is 10.7. The van der Waals surface area contributed by atoms with Crippen molar-refractivity contribution in [1.29, 1.82) is 0 Å². The lowest BCUT2D eigenvalue weighted by molar-refractivity contribution is 0.662. The molecule has 0 fully saturated rings. The standard InChI is InChI=1S/C12H21N3/c1-5-7-13-8-11-9(3)14-12(6-2)15-10(11)4/h13H,5-8H2,1-4H3. The van der Waals surface area contributed by atoms with Crippen LogP contribution < -0.4 is 5.32 Å². The molecule has 3 heteroatoms. The van der Waals surface area contributed by atoms with Gasteiger partial charge in [-0.3, -0.25) is 0 Å². The number of hydrogen-bond donors (Lipinski definition) is 1. The van der Waals surface area contributed by atoms with E-state index in [9.17, 15) is 0 Å². The van der Waals surface area contributed by atoms with Crippen molar-refractivity contribution in [3.05, 3.63) is 22.8 Å². The quantitative estimate of drug-likeness (QED) is 0.752. The molecule has 0 atom stereocenters. The summed E-state index contributed by atoms with van der Waals surface area (Å²) in [5.74, 6) is 0.948. The van der Waals surface area contributed by atoms with E-state index in [-0.39, 0.29) is 0 Å². The second-order valence-corrected chi connectivity index (χ2v) is 3.82. The first kappa shape index (κ1) is 12.1. The third-order valence-corrected chi connectivity index (χ3v) is 2.51. The van der Waals surface area contributed by atoms with Gasteiger partial charge in [-0.1, -0.05) is 13.8 Å². The molecule has 15 heavy (non-hydrogen) atoms. The Labute approximate surface area is 92.3 Å². The minimum Gasteiger partial charge on any atom is -0.313 e. The molecule has 0 aromatic carbocycles. The van der Waals surface area contributed by atoms with Gasteiger partial charge in [0.2, 0.25) is 0 Å². The first-order valence-corrected chi connectivity index (χ1v) is 5.72. The Bertz CT molecular complexity index is 298. The van der Waals surface area contributed by atoms with Crippen LogP contribution in [0.3, 0.4) is 0 Å². The SMILES string of the molecule is CCCNCc1c(C)nc(CC)nc1C. The van der Waals surface area contributed by atoms with Crippen LogP contribution in [0.5, 0.6) is 0 Å². The van der Waals surface area contributed by atoms with E-state index in [0.29, 0.717) is 0 Å². The van der Waals surface area contributed by atoms with Crippen molar-refractivity contribution in [3.8, 4) is 0 Å². The minimum absolute atomic E-state index is 0.884. The fraction of sp³-hybridized carbons (Fsp3) is 0.667. The van der Waals surface area contributed by atoms with Crippen molar-refractivity contribution < 1.29 is 0 Å². The topological polar surface area (TPSA) is 37.8 Å². The van der Waals surface area contributed by atoms with Gasteiger partial charge >= 0.3 is 0 Å². The van der Waals surface area contributed by atoms with Gasteiger partial charge in [0, 0.05) is 29.9 Å². The molecule has 84 valence electrons. The zero-order valence-corrected chi connectivity index (χ0v) is 10.2. The highest BCUT2D eigenvalue weighted by Gasteiger charge is 2.06. The van der Waals surface area contributed by atoms with Gasteiger partial charge in [0.1, 0.15) is 5.82 Å². The van der Waals surface area contributed by atoms with Crippen LogP contribution in [0.4, 0.5) is 0 Å². The van der Waals surface area contributed by atoms with E-state index in [1.54, 1.807) is 0 Å². The maximum Gasteiger partial charge on any atom is 0.128 e. The van der Waals surface area contributed by atoms with Gasteiger partial charge in [0.15, 0.2) is 0 Å². The lowest BCUT2D eigenvalue weighted by Gasteiger charge is -2.10. The maximum atomic E-state index is 4.48. The molecule has 0 amide bonds. The predicted molar refractivity (Wildman–Crippen MR) is 62.9 cm³/mol. The summed E-state index contributed by atoms with van der Waals surface area (Å²) in [6.07, 6.45) is 2.07. The van der Waals surface area contributed by atoms with Gasteiger partial charge in [-0.15, -0.1) is 0 Å². The van der Waals surface area contributed by atoms with Crippen LogP contribution in [0, 0.1) is 13.8 Å². The number of aromatic nitrogens is 2. The van der Waals surface area contributed by atoms with E-state index in [0.717, 1.165) is 43.1 Å². The molecule has 0 aliphatic rings. The molecule has 0 aliphatic carbocycles. The number of nitrogens with zero attached hydrogens (tertiary/aromatic N) is 2. The van der Waals surface area contributed by atoms with E-state index < -0.39 is 0 Å². The summed E-state index contributed by atoms with van der Waals surface area (Å²) in [5.41, 5.74) is 3.48. The molecule has 0 aliphatic heterocycles. The smallest absolute Gasteiger partial charge is 0.128 e. The molecule has 1 N–H and O–H groups in total. The summed E-state index contributed by atoms with van der Waals surface area (Å²) in [6, 6.07) is 0. The Balaban J connectivity index is 2.79. The number of nitrogens with one attached hydrogen (secondary N) is 1. The van der Waals surface area contributed by atoms with Gasteiger partial charge in [0.05, 0.1) is 0 Å². The summed E-state index contributed by atoms with van der Waals surface area (Å²) < 4.78 is 0. The number of hydrogen-bond acceptors (Lipinski definition) is 3. The predicted octanol–water partition coefficient (Wildman–Crippen LogP) is 2.16. The van der Waals surface area contributed by atoms with Crippen molar-refractivity contribution >= 4 is 0 Å². The van der Waals surface area contributed by atoms with Gasteiger partial charge in [0.25, 0.3) is 0 Å². The molecule has 0 unspecified atom stereocenters. The number of rotatable bonds is 5. The Morgan fingerprint density at radius 2 is 1.67 bits per heavy atom. The van der Waals surface area contributed by atoms with Crippen LogP contribution in [0.25, 0.3) is 0 Å². The highest BCUT2D eigenvalue weighted by Crippen LogP contribution is 2.10. The monoisotopic (exact) mass is 207 g/mol. The van der Waals surface area contributed by atoms with E-state index in [1.165, 1.54) is 5.56 Å². The van der Waals surface area contributed by atoms with Crippen molar-refractivity contribution in [2.45, 2.75) is 47.1 Å². The zero-order chi connectivity index (χ0) is 11.3. The summed E-state index contributed by atoms with van der Waals surface area (Å²) in [5, 5.41) is 3.39. The largest absolute Gasteiger partial charge is 0.313 e. The van der Waals surface area contributed by atoms with Crippen molar-refractivity contribution in [3.63, 3.8) is 0 Å². The van der Waals surface area contributed by atoms with Crippen molar-refractivity contribution in [2.24, 2.45) is 0 Å². The molecule has 1 aromatic rings. The molecule has 0 saturated heterocycles. The van der Waals surface area contributed by atoms with E-state index in [1.807, 2.05) is 0 Å². The van der Waals surface area contributed by atoms with Gasteiger partial charge in [-0.25, -0.2) is 9.97 Å². The second kappa shape index (κ2) is 5.81. The number of aryl methyl sites for hydroxylation is 3. The average molecular weight is 207 g/mol. The molecular weight excluding hydrogens is 186 g/mol. The molecule has 0 saturated carbocycles. The van der Waals surface area contributed by atoms with Crippen LogP contribution in [-0.2, 0) is 13.0 Å². The molecule has 1 heterocycles. The maximum absolute atomic E-state index is 4.48. The Kier molecular flexibility index (Phi) is 4.69. The van der Waals surface area contributed by atoms with Crippen LogP contribution in [0.2, 0.25) is 0 Å². The van der Waals surface area contributed by atoms with Crippen LogP contribution in [0.15, 0.2) is 0 Å². The summed E-state index contributed by atoms with van der Waals surface area (Å²) >= 11 is 0. The van der Waals surface area contributed by atoms with Gasteiger partial charge in [-0.2, -0.15) is 0 Å². The molecule has 3 nitrogen and oxygen atoms in total. The molecule has 0 bridgehead atoms. The van der Waals surface area contributed by atoms with Crippen LogP contribution in [0.1, 0.15) is 43.0 Å². The Morgan fingerprint density at radius 3 is 2.13 bits per heavy atom. The Morgan fingerprint density at radius 1 is 1.07 bits per heavy atom. The fourth-order valence-corrected chi connectivity index (χ4v) is 1.61. The average Bonchev–Trinajstić information content (AvgIpc) is 2.22. The van der Waals surface area contributed by atoms with Gasteiger partial charge in [-0.05, 0) is 26.8 Å². The van der Waals surface area contributed by atoms with E-state index >= 15 is 0 Å².